The van der Waals surface area contributed by atoms with E-state index in [-0.39, 0.29) is 17.2 Å². The van der Waals surface area contributed by atoms with Crippen molar-refractivity contribution in [3.63, 3.8) is 0 Å². The SMILES string of the molecule is CC(C(=O)O)=C(C)C(=O)NC(=O)NC(C)Cc1cccs1. The minimum absolute atomic E-state index is 0.00330. The molecule has 0 fully saturated rings. The summed E-state index contributed by atoms with van der Waals surface area (Å²) in [6.45, 7) is 4.50. The Kier molecular flexibility index (Phi) is 6.10. The van der Waals surface area contributed by atoms with Crippen molar-refractivity contribution in [2.24, 2.45) is 0 Å². The third kappa shape index (κ3) is 5.39. The number of amides is 3. The molecule has 0 aliphatic carbocycles. The van der Waals surface area contributed by atoms with Crippen LogP contribution < -0.4 is 10.6 Å². The van der Waals surface area contributed by atoms with E-state index in [4.69, 9.17) is 5.11 Å². The molecule has 1 rings (SSSR count). The smallest absolute Gasteiger partial charge is 0.331 e. The van der Waals surface area contributed by atoms with E-state index >= 15 is 0 Å². The lowest BCUT2D eigenvalue weighted by atomic mass is 10.1. The number of carboxylic acid groups (broad SMARTS) is 1. The highest BCUT2D eigenvalue weighted by Crippen LogP contribution is 2.10. The van der Waals surface area contributed by atoms with Gasteiger partial charge in [-0.05, 0) is 32.2 Å². The van der Waals surface area contributed by atoms with Gasteiger partial charge in [-0.15, -0.1) is 11.3 Å². The van der Waals surface area contributed by atoms with Gasteiger partial charge in [0.1, 0.15) is 0 Å². The highest BCUT2D eigenvalue weighted by atomic mass is 32.1. The first-order valence-electron chi connectivity index (χ1n) is 6.36. The first-order chi connectivity index (χ1) is 9.81. The van der Waals surface area contributed by atoms with Crippen LogP contribution in [0.4, 0.5) is 4.79 Å². The van der Waals surface area contributed by atoms with Gasteiger partial charge in [0.25, 0.3) is 5.91 Å². The molecule has 21 heavy (non-hydrogen) atoms. The molecule has 114 valence electrons. The van der Waals surface area contributed by atoms with E-state index in [1.807, 2.05) is 24.4 Å². The summed E-state index contributed by atoms with van der Waals surface area (Å²) in [5, 5.41) is 15.5. The van der Waals surface area contributed by atoms with E-state index in [0.29, 0.717) is 6.42 Å². The number of thiophene rings is 1. The standard InChI is InChI=1S/C14H18N2O4S/c1-8(7-11-5-4-6-21-11)15-14(20)16-12(17)9(2)10(3)13(18)19/h4-6,8H,7H2,1-3H3,(H,18,19)(H2,15,16,17,20). The van der Waals surface area contributed by atoms with Crippen molar-refractivity contribution in [3.05, 3.63) is 33.5 Å². The van der Waals surface area contributed by atoms with Crippen molar-refractivity contribution in [1.82, 2.24) is 10.6 Å². The molecule has 7 heteroatoms. The van der Waals surface area contributed by atoms with E-state index in [0.717, 1.165) is 4.88 Å². The summed E-state index contributed by atoms with van der Waals surface area (Å²) in [5.74, 6) is -1.90. The second kappa shape index (κ2) is 7.58. The molecular formula is C14H18N2O4S. The van der Waals surface area contributed by atoms with Gasteiger partial charge < -0.3 is 10.4 Å². The molecule has 0 aliphatic rings. The monoisotopic (exact) mass is 310 g/mol. The molecular weight excluding hydrogens is 292 g/mol. The zero-order chi connectivity index (χ0) is 16.0. The van der Waals surface area contributed by atoms with Crippen LogP contribution in [0.5, 0.6) is 0 Å². The second-order valence-electron chi connectivity index (χ2n) is 4.67. The van der Waals surface area contributed by atoms with Crippen LogP contribution in [-0.2, 0) is 16.0 Å². The molecule has 0 radical (unpaired) electrons. The molecule has 1 heterocycles. The lowest BCUT2D eigenvalue weighted by Gasteiger charge is -2.13. The second-order valence-corrected chi connectivity index (χ2v) is 5.70. The van der Waals surface area contributed by atoms with Crippen LogP contribution in [0.3, 0.4) is 0 Å². The van der Waals surface area contributed by atoms with Gasteiger partial charge in [0.05, 0.1) is 0 Å². The van der Waals surface area contributed by atoms with Crippen molar-refractivity contribution in [2.75, 3.05) is 0 Å². The molecule has 0 aliphatic heterocycles. The Morgan fingerprint density at radius 2 is 1.95 bits per heavy atom. The van der Waals surface area contributed by atoms with Crippen LogP contribution in [-0.4, -0.2) is 29.1 Å². The number of hydrogen-bond acceptors (Lipinski definition) is 4. The number of hydrogen-bond donors (Lipinski definition) is 3. The molecule has 3 N–H and O–H groups in total. The van der Waals surface area contributed by atoms with Crippen molar-refractivity contribution >= 4 is 29.2 Å². The van der Waals surface area contributed by atoms with Crippen LogP contribution in [0.25, 0.3) is 0 Å². The molecule has 6 nitrogen and oxygen atoms in total. The van der Waals surface area contributed by atoms with Gasteiger partial charge in [-0.3, -0.25) is 10.1 Å². The number of carboxylic acids is 1. The summed E-state index contributed by atoms with van der Waals surface area (Å²) in [6, 6.07) is 3.12. The largest absolute Gasteiger partial charge is 0.478 e. The topological polar surface area (TPSA) is 95.5 Å². The maximum absolute atomic E-state index is 11.7. The predicted octanol–water partition coefficient (Wildman–Crippen LogP) is 1.93. The van der Waals surface area contributed by atoms with Gasteiger partial charge in [-0.25, -0.2) is 9.59 Å². The van der Waals surface area contributed by atoms with Gasteiger partial charge in [-0.1, -0.05) is 6.07 Å². The molecule has 0 aromatic carbocycles. The van der Waals surface area contributed by atoms with Gasteiger partial charge in [0.15, 0.2) is 0 Å². The lowest BCUT2D eigenvalue weighted by Crippen LogP contribution is -2.44. The number of aliphatic carboxylic acids is 1. The van der Waals surface area contributed by atoms with E-state index in [1.54, 1.807) is 11.3 Å². The van der Waals surface area contributed by atoms with Crippen molar-refractivity contribution < 1.29 is 19.5 Å². The molecule has 3 amide bonds. The van der Waals surface area contributed by atoms with Gasteiger partial charge in [0.2, 0.25) is 0 Å². The number of carbonyl (C=O) groups is 3. The summed E-state index contributed by atoms with van der Waals surface area (Å²) in [6.07, 6.45) is 0.669. The first kappa shape index (κ1) is 16.9. The molecule has 0 saturated heterocycles. The molecule has 1 aromatic rings. The maximum Gasteiger partial charge on any atom is 0.331 e. The Balaban J connectivity index is 2.51. The van der Waals surface area contributed by atoms with Crippen LogP contribution in [0.1, 0.15) is 25.6 Å². The molecule has 0 saturated carbocycles. The Morgan fingerprint density at radius 3 is 2.48 bits per heavy atom. The van der Waals surface area contributed by atoms with E-state index < -0.39 is 17.9 Å². The number of imide groups is 1. The van der Waals surface area contributed by atoms with Crippen LogP contribution in [0.15, 0.2) is 28.7 Å². The van der Waals surface area contributed by atoms with Crippen molar-refractivity contribution in [1.29, 1.82) is 0 Å². The number of nitrogens with one attached hydrogen (secondary N) is 2. The molecule has 0 bridgehead atoms. The predicted molar refractivity (Wildman–Crippen MR) is 80.2 cm³/mol. The average Bonchev–Trinajstić information content (AvgIpc) is 2.88. The molecule has 0 spiro atoms. The summed E-state index contributed by atoms with van der Waals surface area (Å²) in [5.41, 5.74) is -0.0875. The quantitative estimate of drug-likeness (QED) is 0.724. The fourth-order valence-corrected chi connectivity index (χ4v) is 2.40. The summed E-state index contributed by atoms with van der Waals surface area (Å²) >= 11 is 1.59. The molecule has 1 aromatic heterocycles. The van der Waals surface area contributed by atoms with Crippen LogP contribution >= 0.6 is 11.3 Å². The van der Waals surface area contributed by atoms with E-state index in [2.05, 4.69) is 10.6 Å². The maximum atomic E-state index is 11.7. The lowest BCUT2D eigenvalue weighted by molar-refractivity contribution is -0.133. The van der Waals surface area contributed by atoms with E-state index in [9.17, 15) is 14.4 Å². The van der Waals surface area contributed by atoms with Gasteiger partial charge >= 0.3 is 12.0 Å². The number of carbonyl (C=O) groups excluding carboxylic acids is 2. The minimum atomic E-state index is -1.19. The molecule has 1 unspecified atom stereocenters. The van der Waals surface area contributed by atoms with Crippen LogP contribution in [0.2, 0.25) is 0 Å². The zero-order valence-electron chi connectivity index (χ0n) is 12.1. The van der Waals surface area contributed by atoms with Gasteiger partial charge in [0, 0.05) is 28.5 Å². The highest BCUT2D eigenvalue weighted by molar-refractivity contribution is 7.09. The minimum Gasteiger partial charge on any atom is -0.478 e. The van der Waals surface area contributed by atoms with Gasteiger partial charge in [-0.2, -0.15) is 0 Å². The highest BCUT2D eigenvalue weighted by Gasteiger charge is 2.16. The van der Waals surface area contributed by atoms with Crippen molar-refractivity contribution in [3.8, 4) is 0 Å². The third-order valence-corrected chi connectivity index (χ3v) is 3.81. The number of rotatable bonds is 5. The Morgan fingerprint density at radius 1 is 1.29 bits per heavy atom. The normalized spacial score (nSPS) is 13.1. The Labute approximate surface area is 126 Å². The van der Waals surface area contributed by atoms with Crippen molar-refractivity contribution in [2.45, 2.75) is 33.2 Å². The van der Waals surface area contributed by atoms with E-state index in [1.165, 1.54) is 13.8 Å². The fraction of sp³-hybridized carbons (Fsp3) is 0.357. The summed E-state index contributed by atoms with van der Waals surface area (Å²) in [4.78, 5) is 35.3. The van der Waals surface area contributed by atoms with Crippen LogP contribution in [0, 0.1) is 0 Å². The summed E-state index contributed by atoms with van der Waals surface area (Å²) in [7, 11) is 0. The molecule has 1 atom stereocenters. The Bertz CT molecular complexity index is 564. The Hall–Kier alpha value is -2.15. The summed E-state index contributed by atoms with van der Waals surface area (Å²) < 4.78 is 0. The average molecular weight is 310 g/mol. The number of urea groups is 1. The first-order valence-corrected chi connectivity index (χ1v) is 7.24. The fourth-order valence-electron chi connectivity index (χ4n) is 1.57. The zero-order valence-corrected chi connectivity index (χ0v) is 12.9. The third-order valence-electron chi connectivity index (χ3n) is 2.92.